The molecule has 2 aromatic rings. The molecule has 1 atom stereocenters. The van der Waals surface area contributed by atoms with Gasteiger partial charge in [0.05, 0.1) is 0 Å². The third kappa shape index (κ3) is 4.02. The lowest BCUT2D eigenvalue weighted by atomic mass is 9.77. The van der Waals surface area contributed by atoms with Crippen LogP contribution in [0.5, 0.6) is 5.75 Å². The quantitative estimate of drug-likeness (QED) is 0.526. The summed E-state index contributed by atoms with van der Waals surface area (Å²) in [7, 11) is -4.70. The van der Waals surface area contributed by atoms with Crippen LogP contribution < -0.4 is 4.90 Å². The van der Waals surface area contributed by atoms with Gasteiger partial charge >= 0.3 is 7.60 Å². The Morgan fingerprint density at radius 2 is 1.71 bits per heavy atom. The number of pyridine rings is 1. The van der Waals surface area contributed by atoms with E-state index in [0.717, 1.165) is 36.0 Å². The van der Waals surface area contributed by atoms with Crippen molar-refractivity contribution in [2.75, 3.05) is 11.4 Å². The number of benzene rings is 1. The molecule has 0 aliphatic heterocycles. The van der Waals surface area contributed by atoms with E-state index >= 15 is 0 Å². The molecule has 3 rings (SSSR count). The molecular weight excluding hydrogens is 411 g/mol. The van der Waals surface area contributed by atoms with Gasteiger partial charge in [0.25, 0.3) is 0 Å². The number of phenolic OH excluding ortho intramolecular Hbond substituents is 1. The molecule has 0 fully saturated rings. The van der Waals surface area contributed by atoms with Crippen molar-refractivity contribution < 1.29 is 19.5 Å². The Kier molecular flexibility index (Phi) is 6.57. The number of fused-ring (bicyclic) bond motifs is 1. The highest BCUT2D eigenvalue weighted by Gasteiger charge is 2.54. The number of aromatic hydroxyl groups is 1. The molecule has 7 heteroatoms. The number of hydrogen-bond donors (Lipinski definition) is 3. The van der Waals surface area contributed by atoms with Gasteiger partial charge in [-0.25, -0.2) is 4.98 Å². The van der Waals surface area contributed by atoms with Crippen LogP contribution in [0.4, 0.5) is 5.82 Å². The summed E-state index contributed by atoms with van der Waals surface area (Å²) in [6, 6.07) is 7.27. The van der Waals surface area contributed by atoms with Crippen molar-refractivity contribution in [2.24, 2.45) is 0 Å². The number of aromatic nitrogens is 1. The van der Waals surface area contributed by atoms with Gasteiger partial charge in [-0.05, 0) is 84.9 Å². The monoisotopic (exact) mass is 446 g/mol. The summed E-state index contributed by atoms with van der Waals surface area (Å²) >= 11 is 0. The number of hydrogen-bond acceptors (Lipinski definition) is 4. The third-order valence-electron chi connectivity index (χ3n) is 6.53. The number of anilines is 1. The summed E-state index contributed by atoms with van der Waals surface area (Å²) in [5, 5.41) is 9.56. The van der Waals surface area contributed by atoms with Crippen LogP contribution in [0.2, 0.25) is 0 Å². The van der Waals surface area contributed by atoms with Crippen LogP contribution in [0.3, 0.4) is 0 Å². The van der Waals surface area contributed by atoms with Gasteiger partial charge in [0, 0.05) is 12.7 Å². The molecule has 6 nitrogen and oxygen atoms in total. The highest BCUT2D eigenvalue weighted by molar-refractivity contribution is 7.53. The zero-order valence-corrected chi connectivity index (χ0v) is 20.1. The summed E-state index contributed by atoms with van der Waals surface area (Å²) in [5.74, 6) is 0.813. The molecule has 1 unspecified atom stereocenters. The Hall–Kier alpha value is -1.88. The Labute approximate surface area is 185 Å². The fourth-order valence-electron chi connectivity index (χ4n) is 5.03. The molecule has 0 radical (unpaired) electrons. The topological polar surface area (TPSA) is 93.9 Å². The minimum Gasteiger partial charge on any atom is -0.507 e. The zero-order chi connectivity index (χ0) is 23.0. The highest BCUT2D eigenvalue weighted by Crippen LogP contribution is 2.63. The second kappa shape index (κ2) is 8.57. The maximum atomic E-state index is 13.4. The van der Waals surface area contributed by atoms with Crippen LogP contribution in [-0.2, 0) is 28.1 Å². The van der Waals surface area contributed by atoms with E-state index < -0.39 is 12.9 Å². The van der Waals surface area contributed by atoms with Crippen molar-refractivity contribution >= 4 is 13.4 Å². The van der Waals surface area contributed by atoms with E-state index in [9.17, 15) is 19.5 Å². The summed E-state index contributed by atoms with van der Waals surface area (Å²) in [4.78, 5) is 28.0. The SMILES string of the molecule is CCN(c1ccccn1)C(CC)(c1cc(C(C)(C)C)c(O)c2c1CCCC2)P(=O)(O)O. The van der Waals surface area contributed by atoms with Crippen LogP contribution in [-0.4, -0.2) is 26.4 Å². The van der Waals surface area contributed by atoms with Crippen molar-refractivity contribution in [3.8, 4) is 5.75 Å². The van der Waals surface area contributed by atoms with E-state index in [1.807, 2.05) is 46.8 Å². The van der Waals surface area contributed by atoms with E-state index in [4.69, 9.17) is 0 Å². The van der Waals surface area contributed by atoms with Crippen molar-refractivity contribution in [3.05, 3.63) is 52.7 Å². The molecule has 1 aliphatic rings. The van der Waals surface area contributed by atoms with Crippen LogP contribution in [0.15, 0.2) is 30.5 Å². The lowest BCUT2D eigenvalue weighted by Crippen LogP contribution is -2.47. The number of rotatable bonds is 6. The molecule has 170 valence electrons. The predicted molar refractivity (Wildman–Crippen MR) is 125 cm³/mol. The molecule has 1 aliphatic carbocycles. The second-order valence-corrected chi connectivity index (χ2v) is 11.2. The first kappa shape index (κ1) is 23.8. The van der Waals surface area contributed by atoms with Gasteiger partial charge in [-0.15, -0.1) is 0 Å². The van der Waals surface area contributed by atoms with Crippen LogP contribution in [0.1, 0.15) is 76.1 Å². The molecular formula is C24H35N2O4P. The maximum Gasteiger partial charge on any atom is 0.355 e. The summed E-state index contributed by atoms with van der Waals surface area (Å²) < 4.78 is 13.4. The first-order valence-corrected chi connectivity index (χ1v) is 12.7. The molecule has 1 aromatic heterocycles. The average molecular weight is 447 g/mol. The zero-order valence-electron chi connectivity index (χ0n) is 19.2. The highest BCUT2D eigenvalue weighted by atomic mass is 31.2. The molecule has 0 bridgehead atoms. The predicted octanol–water partition coefficient (Wildman–Crippen LogP) is 5.23. The Bertz CT molecular complexity index is 981. The van der Waals surface area contributed by atoms with Gasteiger partial charge in [-0.2, -0.15) is 0 Å². The summed E-state index contributed by atoms with van der Waals surface area (Å²) in [5.41, 5.74) is 2.72. The van der Waals surface area contributed by atoms with Gasteiger partial charge in [0.1, 0.15) is 11.6 Å². The Balaban J connectivity index is 2.44. The van der Waals surface area contributed by atoms with Gasteiger partial charge in [0.2, 0.25) is 0 Å². The maximum absolute atomic E-state index is 13.4. The molecule has 0 saturated carbocycles. The first-order valence-electron chi connectivity index (χ1n) is 11.1. The molecule has 3 N–H and O–H groups in total. The minimum atomic E-state index is -4.70. The molecule has 1 heterocycles. The smallest absolute Gasteiger partial charge is 0.355 e. The average Bonchev–Trinajstić information content (AvgIpc) is 2.71. The first-order chi connectivity index (χ1) is 14.5. The molecule has 0 spiro atoms. The standard InChI is InChI=1S/C24H35N2O4P/c1-6-24(31(28,29)30,26(7-2)21-14-10-11-15-25-21)19-16-20(23(3,4)5)22(27)18-13-9-8-12-17(18)19/h10-11,14-16,27H,6-9,12-13H2,1-5H3,(H2,28,29,30). The lowest BCUT2D eigenvalue weighted by Gasteiger charge is -2.46. The van der Waals surface area contributed by atoms with Crippen molar-refractivity contribution in [1.29, 1.82) is 0 Å². The third-order valence-corrected chi connectivity index (χ3v) is 8.29. The Morgan fingerprint density at radius 1 is 1.06 bits per heavy atom. The minimum absolute atomic E-state index is 0.211. The van der Waals surface area contributed by atoms with Gasteiger partial charge < -0.3 is 19.8 Å². The molecule has 0 saturated heterocycles. The van der Waals surface area contributed by atoms with Crippen molar-refractivity contribution in [1.82, 2.24) is 4.98 Å². The number of phenols is 1. The van der Waals surface area contributed by atoms with E-state index in [1.54, 1.807) is 23.2 Å². The van der Waals surface area contributed by atoms with E-state index in [2.05, 4.69) is 4.98 Å². The van der Waals surface area contributed by atoms with Crippen LogP contribution >= 0.6 is 7.60 Å². The van der Waals surface area contributed by atoms with Gasteiger partial charge in [-0.1, -0.05) is 33.8 Å². The molecule has 0 amide bonds. The van der Waals surface area contributed by atoms with Gasteiger partial charge in [0.15, 0.2) is 5.28 Å². The van der Waals surface area contributed by atoms with Crippen molar-refractivity contribution in [2.45, 2.75) is 77.4 Å². The van der Waals surface area contributed by atoms with E-state index in [-0.39, 0.29) is 17.6 Å². The largest absolute Gasteiger partial charge is 0.507 e. The van der Waals surface area contributed by atoms with Crippen LogP contribution in [0, 0.1) is 0 Å². The summed E-state index contributed by atoms with van der Waals surface area (Å²) in [6.07, 6.45) is 5.16. The normalized spacial score (nSPS) is 16.5. The fourth-order valence-corrected chi connectivity index (χ4v) is 6.51. The fraction of sp³-hybridized carbons (Fsp3) is 0.542. The summed E-state index contributed by atoms with van der Waals surface area (Å²) in [6.45, 7) is 10.2. The molecule has 1 aromatic carbocycles. The van der Waals surface area contributed by atoms with E-state index in [1.165, 1.54) is 0 Å². The molecule has 31 heavy (non-hydrogen) atoms. The Morgan fingerprint density at radius 3 is 2.19 bits per heavy atom. The lowest BCUT2D eigenvalue weighted by molar-refractivity contribution is 0.311. The van der Waals surface area contributed by atoms with E-state index in [0.29, 0.717) is 24.3 Å². The number of nitrogens with zero attached hydrogens (tertiary/aromatic N) is 2. The van der Waals surface area contributed by atoms with Crippen LogP contribution in [0.25, 0.3) is 0 Å². The van der Waals surface area contributed by atoms with Crippen molar-refractivity contribution in [3.63, 3.8) is 0 Å². The van der Waals surface area contributed by atoms with Gasteiger partial charge in [-0.3, -0.25) is 4.57 Å². The second-order valence-electron chi connectivity index (χ2n) is 9.38.